The van der Waals surface area contributed by atoms with Crippen LogP contribution < -0.4 is 5.32 Å². The highest BCUT2D eigenvalue weighted by Gasteiger charge is 2.33. The number of hydrogen-bond donors (Lipinski definition) is 1. The van der Waals surface area contributed by atoms with E-state index in [1.807, 2.05) is 0 Å². The average Bonchev–Trinajstić information content (AvgIpc) is 2.10. The molecule has 0 aromatic heterocycles. The van der Waals surface area contributed by atoms with E-state index < -0.39 is 0 Å². The van der Waals surface area contributed by atoms with Crippen LogP contribution in [0.25, 0.3) is 0 Å². The highest BCUT2D eigenvalue weighted by molar-refractivity contribution is 4.89. The molecule has 2 nitrogen and oxygen atoms in total. The molecule has 1 aliphatic rings. The molecule has 0 aliphatic heterocycles. The zero-order valence-electron chi connectivity index (χ0n) is 11.8. The Morgan fingerprint density at radius 3 is 2.25 bits per heavy atom. The van der Waals surface area contributed by atoms with Gasteiger partial charge in [-0.15, -0.1) is 0 Å². The second kappa shape index (κ2) is 5.50. The summed E-state index contributed by atoms with van der Waals surface area (Å²) in [5.74, 6) is 0.766. The number of hydrogen-bond acceptors (Lipinski definition) is 2. The Morgan fingerprint density at radius 2 is 1.81 bits per heavy atom. The molecule has 1 N–H and O–H groups in total. The largest absolute Gasteiger partial charge is 0.373 e. The molecular formula is C14H29NO. The van der Waals surface area contributed by atoms with Gasteiger partial charge >= 0.3 is 0 Å². The maximum absolute atomic E-state index is 5.93. The number of ether oxygens (including phenoxy) is 1. The van der Waals surface area contributed by atoms with Crippen LogP contribution in [0, 0.1) is 5.92 Å². The van der Waals surface area contributed by atoms with Crippen LogP contribution >= 0.6 is 0 Å². The van der Waals surface area contributed by atoms with Crippen molar-refractivity contribution in [3.8, 4) is 0 Å². The van der Waals surface area contributed by atoms with E-state index >= 15 is 0 Å². The van der Waals surface area contributed by atoms with E-state index in [1.54, 1.807) is 0 Å². The molecule has 0 aromatic carbocycles. The first kappa shape index (κ1) is 14.0. The highest BCUT2D eigenvalue weighted by Crippen LogP contribution is 2.28. The third-order valence-electron chi connectivity index (χ3n) is 3.61. The lowest BCUT2D eigenvalue weighted by atomic mass is 9.87. The summed E-state index contributed by atoms with van der Waals surface area (Å²) >= 11 is 0. The summed E-state index contributed by atoms with van der Waals surface area (Å²) in [4.78, 5) is 0. The van der Waals surface area contributed by atoms with Gasteiger partial charge in [0.2, 0.25) is 0 Å². The van der Waals surface area contributed by atoms with E-state index in [0.29, 0.717) is 18.2 Å². The Morgan fingerprint density at radius 1 is 1.25 bits per heavy atom. The molecule has 0 amide bonds. The molecule has 1 fully saturated rings. The van der Waals surface area contributed by atoms with E-state index in [1.165, 1.54) is 19.3 Å². The summed E-state index contributed by atoms with van der Waals surface area (Å²) in [6.45, 7) is 13.3. The minimum Gasteiger partial charge on any atom is -0.373 e. The molecule has 1 aliphatic carbocycles. The fourth-order valence-electron chi connectivity index (χ4n) is 2.19. The van der Waals surface area contributed by atoms with Gasteiger partial charge in [-0.3, -0.25) is 0 Å². The summed E-state index contributed by atoms with van der Waals surface area (Å²) in [5, 5.41) is 3.70. The first-order chi connectivity index (χ1) is 7.31. The van der Waals surface area contributed by atoms with Gasteiger partial charge in [0.25, 0.3) is 0 Å². The van der Waals surface area contributed by atoms with Crippen LogP contribution in [0.2, 0.25) is 0 Å². The summed E-state index contributed by atoms with van der Waals surface area (Å²) in [6.07, 6.45) is 4.08. The maximum Gasteiger partial charge on any atom is 0.0612 e. The standard InChI is InChI=1S/C14H29NO/c1-7-10(2)11(3)15-12-8-13(9-12)16-14(4,5)6/h10-13,15H,7-9H2,1-6H3. The molecule has 0 radical (unpaired) electrons. The third-order valence-corrected chi connectivity index (χ3v) is 3.61. The normalized spacial score (nSPS) is 29.6. The van der Waals surface area contributed by atoms with Gasteiger partial charge in [-0.2, -0.15) is 0 Å². The van der Waals surface area contributed by atoms with Crippen LogP contribution in [-0.4, -0.2) is 23.8 Å². The molecular weight excluding hydrogens is 198 g/mol. The number of nitrogens with one attached hydrogen (secondary N) is 1. The van der Waals surface area contributed by atoms with Crippen molar-refractivity contribution >= 4 is 0 Å². The van der Waals surface area contributed by atoms with Crippen LogP contribution in [0.5, 0.6) is 0 Å². The molecule has 0 spiro atoms. The minimum absolute atomic E-state index is 0.0119. The van der Waals surface area contributed by atoms with Crippen molar-refractivity contribution in [3.63, 3.8) is 0 Å². The van der Waals surface area contributed by atoms with Crippen molar-refractivity contribution in [1.82, 2.24) is 5.32 Å². The molecule has 2 heteroatoms. The zero-order chi connectivity index (χ0) is 12.3. The van der Waals surface area contributed by atoms with Crippen molar-refractivity contribution < 1.29 is 4.74 Å². The zero-order valence-corrected chi connectivity index (χ0v) is 11.8. The molecule has 1 saturated carbocycles. The average molecular weight is 227 g/mol. The molecule has 96 valence electrons. The quantitative estimate of drug-likeness (QED) is 0.777. The van der Waals surface area contributed by atoms with E-state index in [9.17, 15) is 0 Å². The van der Waals surface area contributed by atoms with Gasteiger partial charge in [0.15, 0.2) is 0 Å². The van der Waals surface area contributed by atoms with Gasteiger partial charge in [0.1, 0.15) is 0 Å². The van der Waals surface area contributed by atoms with Crippen LogP contribution in [0.15, 0.2) is 0 Å². The Bertz CT molecular complexity index is 203. The first-order valence-electron chi connectivity index (χ1n) is 6.75. The van der Waals surface area contributed by atoms with Gasteiger partial charge < -0.3 is 10.1 Å². The van der Waals surface area contributed by atoms with Crippen molar-refractivity contribution in [2.24, 2.45) is 5.92 Å². The Hall–Kier alpha value is -0.0800. The molecule has 0 saturated heterocycles. The smallest absolute Gasteiger partial charge is 0.0612 e. The predicted molar refractivity (Wildman–Crippen MR) is 69.7 cm³/mol. The second-order valence-electron chi connectivity index (χ2n) is 6.36. The molecule has 2 unspecified atom stereocenters. The first-order valence-corrected chi connectivity index (χ1v) is 6.75. The summed E-state index contributed by atoms with van der Waals surface area (Å²) in [7, 11) is 0. The predicted octanol–water partition coefficient (Wildman–Crippen LogP) is 3.36. The van der Waals surface area contributed by atoms with Crippen LogP contribution in [0.1, 0.15) is 60.8 Å². The summed E-state index contributed by atoms with van der Waals surface area (Å²) in [5.41, 5.74) is 0.0119. The molecule has 0 aromatic rings. The van der Waals surface area contributed by atoms with E-state index in [0.717, 1.165) is 5.92 Å². The highest BCUT2D eigenvalue weighted by atomic mass is 16.5. The molecule has 2 atom stereocenters. The lowest BCUT2D eigenvalue weighted by molar-refractivity contribution is -0.103. The lowest BCUT2D eigenvalue weighted by Crippen LogP contribution is -2.51. The van der Waals surface area contributed by atoms with Gasteiger partial charge in [-0.1, -0.05) is 20.3 Å². The molecule has 1 rings (SSSR count). The van der Waals surface area contributed by atoms with Crippen LogP contribution in [-0.2, 0) is 4.74 Å². The summed E-state index contributed by atoms with van der Waals surface area (Å²) in [6, 6.07) is 1.31. The fourth-order valence-corrected chi connectivity index (χ4v) is 2.19. The fraction of sp³-hybridized carbons (Fsp3) is 1.00. The van der Waals surface area contributed by atoms with Gasteiger partial charge in [-0.05, 0) is 46.5 Å². The van der Waals surface area contributed by atoms with Gasteiger partial charge in [-0.25, -0.2) is 0 Å². The van der Waals surface area contributed by atoms with E-state index in [2.05, 4.69) is 46.9 Å². The van der Waals surface area contributed by atoms with Crippen molar-refractivity contribution in [3.05, 3.63) is 0 Å². The van der Waals surface area contributed by atoms with Gasteiger partial charge in [0.05, 0.1) is 11.7 Å². The van der Waals surface area contributed by atoms with Crippen molar-refractivity contribution in [1.29, 1.82) is 0 Å². The number of rotatable bonds is 5. The Balaban J connectivity index is 2.17. The van der Waals surface area contributed by atoms with E-state index in [-0.39, 0.29) is 5.60 Å². The SMILES string of the molecule is CCC(C)C(C)NC1CC(OC(C)(C)C)C1. The van der Waals surface area contributed by atoms with Crippen LogP contribution in [0.4, 0.5) is 0 Å². The Kier molecular flexibility index (Phi) is 4.81. The minimum atomic E-state index is 0.0119. The molecule has 0 heterocycles. The van der Waals surface area contributed by atoms with Crippen LogP contribution in [0.3, 0.4) is 0 Å². The third kappa shape index (κ3) is 4.42. The molecule has 16 heavy (non-hydrogen) atoms. The van der Waals surface area contributed by atoms with Crippen molar-refractivity contribution in [2.45, 2.75) is 84.6 Å². The second-order valence-corrected chi connectivity index (χ2v) is 6.36. The maximum atomic E-state index is 5.93. The topological polar surface area (TPSA) is 21.3 Å². The van der Waals surface area contributed by atoms with Crippen molar-refractivity contribution in [2.75, 3.05) is 0 Å². The lowest BCUT2D eigenvalue weighted by Gasteiger charge is -2.41. The van der Waals surface area contributed by atoms with Gasteiger partial charge in [0, 0.05) is 12.1 Å². The van der Waals surface area contributed by atoms with E-state index in [4.69, 9.17) is 4.74 Å². The monoisotopic (exact) mass is 227 g/mol. The Labute approximate surface area is 101 Å². The summed E-state index contributed by atoms with van der Waals surface area (Å²) < 4.78 is 5.93. The molecule has 0 bridgehead atoms.